The second-order valence-electron chi connectivity index (χ2n) is 11.1. The SMILES string of the molecule is Cc1ccc(P(C[C@@H]2CCCN2C(=O)c2ccccc2P(c2ccccc2)c2ccccc2)c2ccc(C)cc2)cc1. The Bertz CT molecular complexity index is 1530. The molecule has 5 aromatic carbocycles. The zero-order chi connectivity index (χ0) is 28.9. The molecule has 210 valence electrons. The second kappa shape index (κ2) is 13.2. The van der Waals surface area contributed by atoms with E-state index < -0.39 is 15.8 Å². The van der Waals surface area contributed by atoms with Gasteiger partial charge in [0.05, 0.1) is 0 Å². The van der Waals surface area contributed by atoms with Crippen molar-refractivity contribution in [2.45, 2.75) is 32.7 Å². The first-order valence-corrected chi connectivity index (χ1v) is 17.7. The molecule has 4 heteroatoms. The van der Waals surface area contributed by atoms with Crippen molar-refractivity contribution in [3.05, 3.63) is 150 Å². The minimum absolute atomic E-state index is 0.176. The van der Waals surface area contributed by atoms with E-state index in [1.54, 1.807) is 0 Å². The lowest BCUT2D eigenvalue weighted by atomic mass is 10.2. The molecule has 42 heavy (non-hydrogen) atoms. The van der Waals surface area contributed by atoms with Gasteiger partial charge in [-0.3, -0.25) is 4.79 Å². The molecule has 1 atom stereocenters. The molecule has 1 fully saturated rings. The molecule has 0 bridgehead atoms. The van der Waals surface area contributed by atoms with Gasteiger partial charge >= 0.3 is 0 Å². The Morgan fingerprint density at radius 1 is 0.643 bits per heavy atom. The van der Waals surface area contributed by atoms with Crippen LogP contribution in [-0.2, 0) is 0 Å². The minimum atomic E-state index is -0.867. The fourth-order valence-electron chi connectivity index (χ4n) is 5.90. The average Bonchev–Trinajstić information content (AvgIpc) is 3.50. The molecule has 0 unspecified atom stereocenters. The molecule has 0 N–H and O–H groups in total. The highest BCUT2D eigenvalue weighted by atomic mass is 31.1. The molecule has 5 aromatic rings. The number of benzene rings is 5. The van der Waals surface area contributed by atoms with Gasteiger partial charge in [0, 0.05) is 18.2 Å². The van der Waals surface area contributed by atoms with Gasteiger partial charge in [0.2, 0.25) is 0 Å². The maximum atomic E-state index is 14.5. The molecule has 0 radical (unpaired) electrons. The van der Waals surface area contributed by atoms with Crippen molar-refractivity contribution in [1.82, 2.24) is 4.90 Å². The summed E-state index contributed by atoms with van der Waals surface area (Å²) in [5.41, 5.74) is 3.40. The van der Waals surface area contributed by atoms with Crippen LogP contribution in [0.2, 0.25) is 0 Å². The van der Waals surface area contributed by atoms with E-state index in [-0.39, 0.29) is 11.9 Å². The third kappa shape index (κ3) is 6.27. The lowest BCUT2D eigenvalue weighted by molar-refractivity contribution is 0.0751. The molecule has 0 saturated carbocycles. The first-order chi connectivity index (χ1) is 20.6. The second-order valence-corrected chi connectivity index (χ2v) is 15.5. The lowest BCUT2D eigenvalue weighted by Gasteiger charge is -2.31. The van der Waals surface area contributed by atoms with Crippen LogP contribution in [0.3, 0.4) is 0 Å². The third-order valence-electron chi connectivity index (χ3n) is 8.13. The van der Waals surface area contributed by atoms with Crippen LogP contribution >= 0.6 is 15.8 Å². The standard InChI is InChI=1S/C38H37NOP2/c1-29-19-23-32(24-20-29)41(33-25-21-30(2)22-26-33)28-31-12-11-27-39(31)38(40)36-17-9-10-18-37(36)42(34-13-5-3-6-14-34)35-15-7-4-8-16-35/h3-10,13-26,31H,11-12,27-28H2,1-2H3/t31-/m0/s1. The molecule has 1 aliphatic rings. The number of rotatable bonds is 8. The van der Waals surface area contributed by atoms with Crippen molar-refractivity contribution < 1.29 is 4.79 Å². The van der Waals surface area contributed by atoms with Crippen molar-refractivity contribution >= 4 is 48.3 Å². The molecule has 1 heterocycles. The van der Waals surface area contributed by atoms with Crippen LogP contribution < -0.4 is 26.5 Å². The zero-order valence-electron chi connectivity index (χ0n) is 24.4. The van der Waals surface area contributed by atoms with Gasteiger partial charge in [0.15, 0.2) is 0 Å². The van der Waals surface area contributed by atoms with E-state index in [1.165, 1.54) is 32.3 Å². The van der Waals surface area contributed by atoms with Gasteiger partial charge in [-0.05, 0) is 81.3 Å². The third-order valence-corrected chi connectivity index (χ3v) is 13.3. The summed E-state index contributed by atoms with van der Waals surface area (Å²) in [5.74, 6) is 0.176. The topological polar surface area (TPSA) is 20.3 Å². The fourth-order valence-corrected chi connectivity index (χ4v) is 10.9. The Kier molecular flexibility index (Phi) is 8.95. The summed E-state index contributed by atoms with van der Waals surface area (Å²) >= 11 is 0. The summed E-state index contributed by atoms with van der Waals surface area (Å²) in [6.45, 7) is 5.11. The highest BCUT2D eigenvalue weighted by Gasteiger charge is 2.34. The smallest absolute Gasteiger partial charge is 0.254 e. The van der Waals surface area contributed by atoms with E-state index >= 15 is 0 Å². The van der Waals surface area contributed by atoms with Gasteiger partial charge in [-0.1, -0.05) is 139 Å². The van der Waals surface area contributed by atoms with Crippen molar-refractivity contribution in [1.29, 1.82) is 0 Å². The van der Waals surface area contributed by atoms with Crippen LogP contribution in [0.1, 0.15) is 34.3 Å². The van der Waals surface area contributed by atoms with Crippen LogP contribution in [0.4, 0.5) is 0 Å². The van der Waals surface area contributed by atoms with Gasteiger partial charge in [-0.15, -0.1) is 0 Å². The summed E-state index contributed by atoms with van der Waals surface area (Å²) in [5, 5.41) is 6.44. The van der Waals surface area contributed by atoms with Crippen LogP contribution in [0, 0.1) is 13.8 Å². The molecule has 0 aliphatic carbocycles. The number of carbonyl (C=O) groups is 1. The predicted octanol–water partition coefficient (Wildman–Crippen LogP) is 6.80. The first-order valence-electron chi connectivity index (χ1n) is 14.8. The summed E-state index contributed by atoms with van der Waals surface area (Å²) in [4.78, 5) is 16.7. The summed E-state index contributed by atoms with van der Waals surface area (Å²) in [6.07, 6.45) is 3.09. The molecular weight excluding hydrogens is 548 g/mol. The van der Waals surface area contributed by atoms with Gasteiger partial charge in [0.25, 0.3) is 5.91 Å². The number of likely N-dealkylation sites (tertiary alicyclic amines) is 1. The molecule has 0 aromatic heterocycles. The fraction of sp³-hybridized carbons (Fsp3) is 0.184. The van der Waals surface area contributed by atoms with E-state index in [0.29, 0.717) is 0 Å². The first kappa shape index (κ1) is 28.5. The normalized spacial score (nSPS) is 15.0. The highest BCUT2D eigenvalue weighted by Crippen LogP contribution is 2.39. The number of hydrogen-bond donors (Lipinski definition) is 0. The Labute approximate surface area is 252 Å². The Morgan fingerprint density at radius 3 is 1.69 bits per heavy atom. The summed E-state index contributed by atoms with van der Waals surface area (Å²) in [6, 6.07) is 48.0. The van der Waals surface area contributed by atoms with E-state index in [9.17, 15) is 4.79 Å². The lowest BCUT2D eigenvalue weighted by Crippen LogP contribution is -2.40. The molecular formula is C38H37NOP2. The largest absolute Gasteiger partial charge is 0.335 e. The summed E-state index contributed by atoms with van der Waals surface area (Å²) < 4.78 is 0. The Hall–Kier alpha value is -3.57. The molecule has 6 rings (SSSR count). The maximum absolute atomic E-state index is 14.5. The molecule has 2 nitrogen and oxygen atoms in total. The highest BCUT2D eigenvalue weighted by molar-refractivity contribution is 7.80. The number of nitrogens with zero attached hydrogens (tertiary/aromatic N) is 1. The van der Waals surface area contributed by atoms with E-state index in [0.717, 1.165) is 36.4 Å². The van der Waals surface area contributed by atoms with E-state index in [4.69, 9.17) is 0 Å². The number of carbonyl (C=O) groups excluding carboxylic acids is 1. The average molecular weight is 586 g/mol. The van der Waals surface area contributed by atoms with Crippen LogP contribution in [0.5, 0.6) is 0 Å². The van der Waals surface area contributed by atoms with Crippen molar-refractivity contribution in [3.8, 4) is 0 Å². The van der Waals surface area contributed by atoms with Crippen molar-refractivity contribution in [2.24, 2.45) is 0 Å². The number of hydrogen-bond acceptors (Lipinski definition) is 1. The van der Waals surface area contributed by atoms with Gasteiger partial charge < -0.3 is 4.90 Å². The van der Waals surface area contributed by atoms with Gasteiger partial charge in [-0.2, -0.15) is 0 Å². The zero-order valence-corrected chi connectivity index (χ0v) is 26.1. The Balaban J connectivity index is 1.35. The van der Waals surface area contributed by atoms with Crippen LogP contribution in [-0.4, -0.2) is 29.6 Å². The van der Waals surface area contributed by atoms with Crippen LogP contribution in [0.15, 0.2) is 133 Å². The quantitative estimate of drug-likeness (QED) is 0.184. The molecule has 1 aliphatic heterocycles. The van der Waals surface area contributed by atoms with Crippen molar-refractivity contribution in [2.75, 3.05) is 12.7 Å². The van der Waals surface area contributed by atoms with Gasteiger partial charge in [0.1, 0.15) is 0 Å². The maximum Gasteiger partial charge on any atom is 0.254 e. The Morgan fingerprint density at radius 2 is 1.14 bits per heavy atom. The number of amides is 1. The van der Waals surface area contributed by atoms with E-state index in [2.05, 4.69) is 146 Å². The van der Waals surface area contributed by atoms with Crippen LogP contribution in [0.25, 0.3) is 0 Å². The van der Waals surface area contributed by atoms with Gasteiger partial charge in [-0.25, -0.2) is 0 Å². The van der Waals surface area contributed by atoms with Crippen molar-refractivity contribution in [3.63, 3.8) is 0 Å². The molecule has 1 amide bonds. The monoisotopic (exact) mass is 585 g/mol. The number of aryl methyl sites for hydroxylation is 2. The minimum Gasteiger partial charge on any atom is -0.335 e. The molecule has 1 saturated heterocycles. The van der Waals surface area contributed by atoms with E-state index in [1.807, 2.05) is 6.07 Å². The predicted molar refractivity (Wildman–Crippen MR) is 183 cm³/mol. The molecule has 0 spiro atoms. The summed E-state index contributed by atoms with van der Waals surface area (Å²) in [7, 11) is -1.46.